The Kier molecular flexibility index (Phi) is 8.58. The van der Waals surface area contributed by atoms with Crippen LogP contribution in [0.1, 0.15) is 33.1 Å². The quantitative estimate of drug-likeness (QED) is 0.246. The highest BCUT2D eigenvalue weighted by Crippen LogP contribution is 2.25. The number of nitrogens with two attached hydrogens (primary N) is 1. The summed E-state index contributed by atoms with van der Waals surface area (Å²) in [6.45, 7) is 5.78. The Hall–Kier alpha value is -1.56. The zero-order valence-corrected chi connectivity index (χ0v) is 13.4. The van der Waals surface area contributed by atoms with Gasteiger partial charge in [-0.2, -0.15) is 5.10 Å². The van der Waals surface area contributed by atoms with Crippen molar-refractivity contribution in [2.75, 3.05) is 19.6 Å². The van der Waals surface area contributed by atoms with Crippen LogP contribution in [0.15, 0.2) is 34.1 Å². The van der Waals surface area contributed by atoms with Gasteiger partial charge in [-0.15, -0.1) is 0 Å². The van der Waals surface area contributed by atoms with Crippen LogP contribution in [0.25, 0.3) is 0 Å². The Bertz CT molecular complexity index is 443. The fourth-order valence-electron chi connectivity index (χ4n) is 2.31. The topological polar surface area (TPSA) is 54.0 Å². The van der Waals surface area contributed by atoms with Crippen molar-refractivity contribution in [3.63, 3.8) is 0 Å². The maximum absolute atomic E-state index is 13.8. The summed E-state index contributed by atoms with van der Waals surface area (Å²) in [6, 6.07) is 0. The van der Waals surface area contributed by atoms with E-state index in [-0.39, 0.29) is 5.83 Å². The molecule has 1 aliphatic rings. The third-order valence-electron chi connectivity index (χ3n) is 3.71. The summed E-state index contributed by atoms with van der Waals surface area (Å²) in [5, 5.41) is 3.46. The van der Waals surface area contributed by atoms with Crippen molar-refractivity contribution in [3.8, 4) is 0 Å². The van der Waals surface area contributed by atoms with E-state index in [1.54, 1.807) is 13.1 Å². The zero-order valence-electron chi connectivity index (χ0n) is 13.4. The van der Waals surface area contributed by atoms with Crippen molar-refractivity contribution in [1.82, 2.24) is 4.90 Å². The van der Waals surface area contributed by atoms with Crippen LogP contribution in [-0.2, 0) is 0 Å². The summed E-state index contributed by atoms with van der Waals surface area (Å²) in [5.74, 6) is 4.60. The first kappa shape index (κ1) is 18.5. The Labute approximate surface area is 131 Å². The highest BCUT2D eigenvalue weighted by Gasteiger charge is 2.27. The summed E-state index contributed by atoms with van der Waals surface area (Å²) < 4.78 is 27.5. The minimum absolute atomic E-state index is 0.364. The van der Waals surface area contributed by atoms with Gasteiger partial charge in [0.15, 0.2) is 0 Å². The molecule has 0 fully saturated rings. The molecule has 0 aromatic heterocycles. The van der Waals surface area contributed by atoms with Crippen LogP contribution in [0.2, 0.25) is 0 Å². The average Bonchev–Trinajstić information content (AvgIpc) is 2.51. The molecule has 1 aliphatic carbocycles. The fourth-order valence-corrected chi connectivity index (χ4v) is 2.31. The lowest BCUT2D eigenvalue weighted by Crippen LogP contribution is -2.35. The second-order valence-electron chi connectivity index (χ2n) is 5.36. The molecule has 2 unspecified atom stereocenters. The number of rotatable bonds is 8. The monoisotopic (exact) mass is 312 g/mol. The van der Waals surface area contributed by atoms with Crippen molar-refractivity contribution < 1.29 is 8.78 Å². The summed E-state index contributed by atoms with van der Waals surface area (Å²) in [5.41, 5.74) is 0. The van der Waals surface area contributed by atoms with Gasteiger partial charge < -0.3 is 10.7 Å². The van der Waals surface area contributed by atoms with Gasteiger partial charge in [0.05, 0.1) is 5.92 Å². The second kappa shape index (κ2) is 10.2. The van der Waals surface area contributed by atoms with E-state index in [1.807, 2.05) is 6.92 Å². The predicted molar refractivity (Wildman–Crippen MR) is 88.5 cm³/mol. The highest BCUT2D eigenvalue weighted by atomic mass is 19.1. The van der Waals surface area contributed by atoms with Crippen LogP contribution >= 0.6 is 0 Å². The molecule has 0 bridgehead atoms. The molecule has 0 aromatic carbocycles. The van der Waals surface area contributed by atoms with Crippen molar-refractivity contribution in [2.45, 2.75) is 39.3 Å². The molecular weight excluding hydrogens is 286 g/mol. The van der Waals surface area contributed by atoms with E-state index in [2.05, 4.69) is 15.0 Å². The normalized spacial score (nSPS) is 22.6. The molecule has 0 amide bonds. The molecule has 0 saturated carbocycles. The molecule has 0 radical (unpaired) electrons. The highest BCUT2D eigenvalue weighted by molar-refractivity contribution is 5.87. The standard InChI is InChI=1S/C16H26F2N4/c1-3-22(11-6-4-5-10-20-13(2)21-19)12-14-15(17)8-7-9-16(14)18/h7-10,14-15H,3-6,11-12,19H2,1-2H3/b20-10?,21-13-. The SMILES string of the molecule is CCN(CCCCC=N/C(C)=N\N)CC1C(F)=CC=CC1F. The summed E-state index contributed by atoms with van der Waals surface area (Å²) in [7, 11) is 0. The molecule has 0 heterocycles. The molecule has 0 aromatic rings. The molecule has 4 nitrogen and oxygen atoms in total. The molecule has 2 atom stereocenters. The minimum atomic E-state index is -1.23. The summed E-state index contributed by atoms with van der Waals surface area (Å²) in [6.07, 6.45) is 7.56. The van der Waals surface area contributed by atoms with E-state index < -0.39 is 12.1 Å². The number of hydrazone groups is 1. The lowest BCUT2D eigenvalue weighted by molar-refractivity contribution is 0.184. The molecule has 124 valence electrons. The van der Waals surface area contributed by atoms with E-state index in [1.165, 1.54) is 18.2 Å². The van der Waals surface area contributed by atoms with Gasteiger partial charge in [-0.3, -0.25) is 0 Å². The molecule has 6 heteroatoms. The number of alkyl halides is 1. The second-order valence-corrected chi connectivity index (χ2v) is 5.36. The summed E-state index contributed by atoms with van der Waals surface area (Å²) in [4.78, 5) is 6.16. The lowest BCUT2D eigenvalue weighted by Gasteiger charge is -2.27. The maximum Gasteiger partial charge on any atom is 0.144 e. The maximum atomic E-state index is 13.8. The van der Waals surface area contributed by atoms with Gasteiger partial charge >= 0.3 is 0 Å². The third-order valence-corrected chi connectivity index (χ3v) is 3.71. The minimum Gasteiger partial charge on any atom is -0.322 e. The van der Waals surface area contributed by atoms with Crippen molar-refractivity contribution in [1.29, 1.82) is 0 Å². The Morgan fingerprint density at radius 1 is 1.45 bits per heavy atom. The van der Waals surface area contributed by atoms with Gasteiger partial charge in [0, 0.05) is 12.8 Å². The number of allylic oxidation sites excluding steroid dienone is 3. The molecule has 1 rings (SSSR count). The number of unbranched alkanes of at least 4 members (excludes halogenated alkanes) is 2. The van der Waals surface area contributed by atoms with Crippen molar-refractivity contribution >= 4 is 12.1 Å². The number of hydrogen-bond acceptors (Lipinski definition) is 3. The number of amidine groups is 1. The molecular formula is C16H26F2N4. The first-order valence-corrected chi connectivity index (χ1v) is 7.75. The first-order valence-electron chi connectivity index (χ1n) is 7.75. The van der Waals surface area contributed by atoms with Crippen LogP contribution in [0.5, 0.6) is 0 Å². The molecule has 22 heavy (non-hydrogen) atoms. The van der Waals surface area contributed by atoms with Gasteiger partial charge in [-0.25, -0.2) is 13.8 Å². The van der Waals surface area contributed by atoms with Crippen molar-refractivity contribution in [2.24, 2.45) is 21.9 Å². The third kappa shape index (κ3) is 6.47. The predicted octanol–water partition coefficient (Wildman–Crippen LogP) is 3.22. The van der Waals surface area contributed by atoms with E-state index in [0.717, 1.165) is 32.4 Å². The van der Waals surface area contributed by atoms with E-state index in [9.17, 15) is 8.78 Å². The molecule has 0 spiro atoms. The number of hydrogen-bond donors (Lipinski definition) is 1. The lowest BCUT2D eigenvalue weighted by atomic mass is 9.96. The van der Waals surface area contributed by atoms with Gasteiger partial charge in [-0.05, 0) is 51.4 Å². The Balaban J connectivity index is 2.29. The van der Waals surface area contributed by atoms with Crippen LogP contribution in [-0.4, -0.2) is 42.8 Å². The fraction of sp³-hybridized carbons (Fsp3) is 0.625. The Morgan fingerprint density at radius 2 is 2.23 bits per heavy atom. The van der Waals surface area contributed by atoms with Gasteiger partial charge in [-0.1, -0.05) is 13.0 Å². The van der Waals surface area contributed by atoms with E-state index >= 15 is 0 Å². The Morgan fingerprint density at radius 3 is 2.86 bits per heavy atom. The van der Waals surface area contributed by atoms with E-state index in [4.69, 9.17) is 5.84 Å². The number of halogens is 2. The molecule has 2 N–H and O–H groups in total. The van der Waals surface area contributed by atoms with Gasteiger partial charge in [0.2, 0.25) is 0 Å². The zero-order chi connectivity index (χ0) is 16.4. The molecule has 0 aliphatic heterocycles. The number of aliphatic imine (C=N–C) groups is 1. The van der Waals surface area contributed by atoms with Crippen LogP contribution in [0.3, 0.4) is 0 Å². The average molecular weight is 312 g/mol. The van der Waals surface area contributed by atoms with E-state index in [0.29, 0.717) is 12.4 Å². The van der Waals surface area contributed by atoms with Crippen LogP contribution in [0.4, 0.5) is 8.78 Å². The smallest absolute Gasteiger partial charge is 0.144 e. The summed E-state index contributed by atoms with van der Waals surface area (Å²) >= 11 is 0. The van der Waals surface area contributed by atoms with Gasteiger partial charge in [0.25, 0.3) is 0 Å². The van der Waals surface area contributed by atoms with Crippen LogP contribution < -0.4 is 5.84 Å². The van der Waals surface area contributed by atoms with Crippen LogP contribution in [0, 0.1) is 5.92 Å². The first-order chi connectivity index (χ1) is 10.6. The largest absolute Gasteiger partial charge is 0.322 e. The number of nitrogens with zero attached hydrogens (tertiary/aromatic N) is 3. The van der Waals surface area contributed by atoms with Crippen molar-refractivity contribution in [3.05, 3.63) is 24.1 Å². The molecule has 0 saturated heterocycles. The van der Waals surface area contributed by atoms with Gasteiger partial charge in [0.1, 0.15) is 17.8 Å².